The van der Waals surface area contributed by atoms with E-state index in [-0.39, 0.29) is 17.8 Å². The lowest BCUT2D eigenvalue weighted by Crippen LogP contribution is -2.11. The van der Waals surface area contributed by atoms with Gasteiger partial charge in [0.1, 0.15) is 17.3 Å². The average molecular weight is 287 g/mol. The normalized spacial score (nSPS) is 11.5. The topological polar surface area (TPSA) is 35.2 Å². The predicted molar refractivity (Wildman–Crippen MR) is 84.2 cm³/mol. The van der Waals surface area contributed by atoms with Crippen molar-refractivity contribution >= 4 is 0 Å². The zero-order valence-electron chi connectivity index (χ0n) is 13.0. The fourth-order valence-electron chi connectivity index (χ4n) is 2.16. The van der Waals surface area contributed by atoms with Gasteiger partial charge in [-0.15, -0.1) is 0 Å². The molecule has 0 aliphatic carbocycles. The van der Waals surface area contributed by atoms with Crippen LogP contribution in [0.1, 0.15) is 37.5 Å². The van der Waals surface area contributed by atoms with E-state index in [1.54, 1.807) is 6.07 Å². The summed E-state index contributed by atoms with van der Waals surface area (Å²) in [5.41, 5.74) is 8.71. The van der Waals surface area contributed by atoms with Gasteiger partial charge < -0.3 is 10.5 Å². The van der Waals surface area contributed by atoms with E-state index in [1.165, 1.54) is 17.7 Å². The van der Waals surface area contributed by atoms with Gasteiger partial charge in [0.25, 0.3) is 0 Å². The molecule has 0 bridgehead atoms. The van der Waals surface area contributed by atoms with Crippen LogP contribution in [-0.4, -0.2) is 0 Å². The number of nitrogens with two attached hydrogens (primary N) is 1. The molecule has 0 aliphatic heterocycles. The van der Waals surface area contributed by atoms with Crippen LogP contribution >= 0.6 is 0 Å². The van der Waals surface area contributed by atoms with E-state index in [4.69, 9.17) is 10.5 Å². The molecule has 0 radical (unpaired) electrons. The summed E-state index contributed by atoms with van der Waals surface area (Å²) in [5.74, 6) is 1.07. The third kappa shape index (κ3) is 3.61. The number of halogens is 1. The van der Waals surface area contributed by atoms with Crippen molar-refractivity contribution in [1.29, 1.82) is 0 Å². The van der Waals surface area contributed by atoms with Crippen molar-refractivity contribution in [1.82, 2.24) is 0 Å². The highest BCUT2D eigenvalue weighted by atomic mass is 19.1. The highest BCUT2D eigenvalue weighted by Gasteiger charge is 2.15. The lowest BCUT2D eigenvalue weighted by Gasteiger charge is -2.21. The quantitative estimate of drug-likeness (QED) is 0.889. The first-order valence-corrected chi connectivity index (χ1v) is 7.09. The van der Waals surface area contributed by atoms with Crippen LogP contribution in [0.15, 0.2) is 36.4 Å². The van der Waals surface area contributed by atoms with Crippen LogP contribution in [0.2, 0.25) is 0 Å². The van der Waals surface area contributed by atoms with Crippen molar-refractivity contribution in [3.8, 4) is 11.5 Å². The Bertz CT molecular complexity index is 644. The van der Waals surface area contributed by atoms with Crippen molar-refractivity contribution in [2.75, 3.05) is 0 Å². The third-order valence-electron chi connectivity index (χ3n) is 3.50. The first-order chi connectivity index (χ1) is 9.81. The van der Waals surface area contributed by atoms with E-state index < -0.39 is 0 Å². The van der Waals surface area contributed by atoms with Crippen LogP contribution in [0.4, 0.5) is 4.39 Å². The van der Waals surface area contributed by atoms with Gasteiger partial charge in [-0.1, -0.05) is 32.9 Å². The molecule has 2 rings (SSSR count). The summed E-state index contributed by atoms with van der Waals surface area (Å²) in [6, 6.07) is 10.6. The largest absolute Gasteiger partial charge is 0.457 e. The maximum Gasteiger partial charge on any atom is 0.132 e. The van der Waals surface area contributed by atoms with Gasteiger partial charge in [0.15, 0.2) is 0 Å². The number of ether oxygens (including phenoxy) is 1. The molecule has 0 heterocycles. The molecule has 0 saturated heterocycles. The highest BCUT2D eigenvalue weighted by molar-refractivity contribution is 5.43. The summed E-state index contributed by atoms with van der Waals surface area (Å²) >= 11 is 0. The minimum Gasteiger partial charge on any atom is -0.457 e. The van der Waals surface area contributed by atoms with Crippen LogP contribution in [0, 0.1) is 12.7 Å². The number of aryl methyl sites for hydroxylation is 1. The van der Waals surface area contributed by atoms with E-state index >= 15 is 0 Å². The molecule has 0 saturated carbocycles. The van der Waals surface area contributed by atoms with Crippen LogP contribution in [0.5, 0.6) is 11.5 Å². The third-order valence-corrected chi connectivity index (χ3v) is 3.50. The first kappa shape index (κ1) is 15.5. The number of benzene rings is 2. The van der Waals surface area contributed by atoms with E-state index in [0.717, 1.165) is 11.3 Å². The summed E-state index contributed by atoms with van der Waals surface area (Å²) in [7, 11) is 0. The zero-order chi connectivity index (χ0) is 15.6. The van der Waals surface area contributed by atoms with Gasteiger partial charge in [0, 0.05) is 12.1 Å². The highest BCUT2D eigenvalue weighted by Crippen LogP contribution is 2.31. The van der Waals surface area contributed by atoms with E-state index in [9.17, 15) is 4.39 Å². The molecule has 3 heteroatoms. The Hall–Kier alpha value is -1.87. The van der Waals surface area contributed by atoms with Crippen molar-refractivity contribution in [3.05, 3.63) is 58.9 Å². The summed E-state index contributed by atoms with van der Waals surface area (Å²) in [6.07, 6.45) is 0. The molecule has 0 unspecified atom stereocenters. The van der Waals surface area contributed by atoms with Crippen LogP contribution in [0.3, 0.4) is 0 Å². The van der Waals surface area contributed by atoms with Gasteiger partial charge in [0.05, 0.1) is 0 Å². The number of hydrogen-bond donors (Lipinski definition) is 1. The molecule has 2 aromatic rings. The molecular formula is C18H22FNO. The molecule has 2 nitrogen and oxygen atoms in total. The van der Waals surface area contributed by atoms with Gasteiger partial charge in [-0.05, 0) is 47.7 Å². The van der Waals surface area contributed by atoms with E-state index in [2.05, 4.69) is 32.9 Å². The Morgan fingerprint density at radius 1 is 1.05 bits per heavy atom. The van der Waals surface area contributed by atoms with Crippen molar-refractivity contribution in [2.45, 2.75) is 39.7 Å². The van der Waals surface area contributed by atoms with Gasteiger partial charge >= 0.3 is 0 Å². The second-order valence-corrected chi connectivity index (χ2v) is 6.29. The molecule has 2 aromatic carbocycles. The average Bonchev–Trinajstić information content (AvgIpc) is 2.41. The van der Waals surface area contributed by atoms with Crippen molar-refractivity contribution in [2.24, 2.45) is 5.73 Å². The maximum atomic E-state index is 13.2. The standard InChI is InChI=1S/C18H22FNO/c1-12-9-14(18(2,3)4)5-7-16(12)21-17-8-6-15(19)10-13(17)11-20/h5-10H,11,20H2,1-4H3. The summed E-state index contributed by atoms with van der Waals surface area (Å²) in [4.78, 5) is 0. The SMILES string of the molecule is Cc1cc(C(C)(C)C)ccc1Oc1ccc(F)cc1CN. The summed E-state index contributed by atoms with van der Waals surface area (Å²) < 4.78 is 19.1. The lowest BCUT2D eigenvalue weighted by atomic mass is 9.86. The minimum atomic E-state index is -0.303. The second kappa shape index (κ2) is 5.86. The van der Waals surface area contributed by atoms with Crippen LogP contribution in [0.25, 0.3) is 0 Å². The Labute approximate surface area is 125 Å². The van der Waals surface area contributed by atoms with Gasteiger partial charge in [0.2, 0.25) is 0 Å². The Kier molecular flexibility index (Phi) is 4.33. The van der Waals surface area contributed by atoms with Gasteiger partial charge in [-0.2, -0.15) is 0 Å². The van der Waals surface area contributed by atoms with E-state index in [0.29, 0.717) is 11.3 Å². The molecule has 0 aliphatic rings. The number of hydrogen-bond acceptors (Lipinski definition) is 2. The minimum absolute atomic E-state index is 0.0988. The van der Waals surface area contributed by atoms with E-state index in [1.807, 2.05) is 13.0 Å². The van der Waals surface area contributed by atoms with Gasteiger partial charge in [-0.3, -0.25) is 0 Å². The Balaban J connectivity index is 2.32. The summed E-state index contributed by atoms with van der Waals surface area (Å²) in [6.45, 7) is 8.78. The summed E-state index contributed by atoms with van der Waals surface area (Å²) in [5, 5.41) is 0. The second-order valence-electron chi connectivity index (χ2n) is 6.29. The lowest BCUT2D eigenvalue weighted by molar-refractivity contribution is 0.469. The van der Waals surface area contributed by atoms with Gasteiger partial charge in [-0.25, -0.2) is 4.39 Å². The van der Waals surface area contributed by atoms with Crippen molar-refractivity contribution in [3.63, 3.8) is 0 Å². The smallest absolute Gasteiger partial charge is 0.132 e. The maximum absolute atomic E-state index is 13.2. The first-order valence-electron chi connectivity index (χ1n) is 7.09. The number of rotatable bonds is 3. The molecule has 0 atom stereocenters. The molecule has 0 fully saturated rings. The van der Waals surface area contributed by atoms with Crippen LogP contribution < -0.4 is 10.5 Å². The van der Waals surface area contributed by atoms with Crippen LogP contribution in [-0.2, 0) is 12.0 Å². The molecule has 2 N–H and O–H groups in total. The fourth-order valence-corrected chi connectivity index (χ4v) is 2.16. The van der Waals surface area contributed by atoms with Crippen molar-refractivity contribution < 1.29 is 9.13 Å². The zero-order valence-corrected chi connectivity index (χ0v) is 13.0. The molecule has 0 spiro atoms. The predicted octanol–water partition coefficient (Wildman–Crippen LogP) is 4.68. The molecule has 21 heavy (non-hydrogen) atoms. The molecule has 0 aromatic heterocycles. The fraction of sp³-hybridized carbons (Fsp3) is 0.333. The molecule has 112 valence electrons. The Morgan fingerprint density at radius 2 is 1.71 bits per heavy atom. The molecular weight excluding hydrogens is 265 g/mol. The Morgan fingerprint density at radius 3 is 2.29 bits per heavy atom. The molecule has 0 amide bonds. The monoisotopic (exact) mass is 287 g/mol.